The molecule has 0 aliphatic rings. The van der Waals surface area contributed by atoms with Gasteiger partial charge in [0, 0.05) is 14.6 Å². The molecule has 0 radical (unpaired) electrons. The molecule has 0 aliphatic carbocycles. The lowest BCUT2D eigenvalue weighted by molar-refractivity contribution is 0.0698. The van der Waals surface area contributed by atoms with E-state index < -0.39 is 12.0 Å². The Labute approximate surface area is 138 Å². The van der Waals surface area contributed by atoms with Crippen molar-refractivity contribution in [2.45, 2.75) is 13.5 Å². The van der Waals surface area contributed by atoms with E-state index in [9.17, 15) is 9.59 Å². The molecule has 0 spiro atoms. The summed E-state index contributed by atoms with van der Waals surface area (Å²) in [6.45, 7) is 2.24. The predicted octanol–water partition coefficient (Wildman–Crippen LogP) is 3.08. The van der Waals surface area contributed by atoms with Crippen LogP contribution in [0.5, 0.6) is 0 Å². The summed E-state index contributed by atoms with van der Waals surface area (Å²) < 4.78 is 0.786. The van der Waals surface area contributed by atoms with Crippen molar-refractivity contribution in [3.8, 4) is 0 Å². The van der Waals surface area contributed by atoms with Gasteiger partial charge in [-0.2, -0.15) is 0 Å². The van der Waals surface area contributed by atoms with Crippen LogP contribution in [0.4, 0.5) is 10.5 Å². The van der Waals surface area contributed by atoms with Crippen molar-refractivity contribution in [1.82, 2.24) is 10.3 Å². The highest BCUT2D eigenvalue weighted by molar-refractivity contribution is 14.1. The van der Waals surface area contributed by atoms with Crippen LogP contribution < -0.4 is 10.6 Å². The normalized spacial score (nSPS) is 10.2. The summed E-state index contributed by atoms with van der Waals surface area (Å²) in [6.07, 6.45) is 1.74. The number of anilines is 1. The third kappa shape index (κ3) is 4.39. The Bertz CT molecular complexity index is 687. The van der Waals surface area contributed by atoms with E-state index in [0.717, 1.165) is 13.5 Å². The number of aryl methyl sites for hydroxylation is 1. The van der Waals surface area contributed by atoms with Gasteiger partial charge in [0.1, 0.15) is 5.01 Å². The number of nitrogens with one attached hydrogen (secondary N) is 2. The molecule has 0 saturated heterocycles. The Kier molecular flexibility index (Phi) is 5.12. The number of amides is 2. The Hall–Kier alpha value is -1.68. The average molecular weight is 417 g/mol. The first-order valence-corrected chi connectivity index (χ1v) is 7.84. The van der Waals surface area contributed by atoms with Crippen LogP contribution >= 0.6 is 33.9 Å². The van der Waals surface area contributed by atoms with Gasteiger partial charge < -0.3 is 15.7 Å². The number of thiazole rings is 1. The van der Waals surface area contributed by atoms with Crippen LogP contribution in [0.15, 0.2) is 24.4 Å². The molecule has 0 atom stereocenters. The second kappa shape index (κ2) is 6.85. The molecule has 0 unspecified atom stereocenters. The SMILES string of the molecule is Cc1cnc(CNC(=O)Nc2ccc(I)cc2C(=O)O)s1. The topological polar surface area (TPSA) is 91.3 Å². The number of aromatic carboxylic acids is 1. The van der Waals surface area contributed by atoms with E-state index in [4.69, 9.17) is 5.11 Å². The van der Waals surface area contributed by atoms with Crippen LogP contribution in [0.25, 0.3) is 0 Å². The number of urea groups is 1. The van der Waals surface area contributed by atoms with Gasteiger partial charge in [-0.3, -0.25) is 0 Å². The molecular formula is C13H12IN3O3S. The van der Waals surface area contributed by atoms with Crippen molar-refractivity contribution >= 4 is 51.6 Å². The van der Waals surface area contributed by atoms with E-state index in [1.54, 1.807) is 18.3 Å². The van der Waals surface area contributed by atoms with E-state index in [2.05, 4.69) is 15.6 Å². The van der Waals surface area contributed by atoms with E-state index in [1.807, 2.05) is 29.5 Å². The summed E-state index contributed by atoms with van der Waals surface area (Å²) in [7, 11) is 0. The highest BCUT2D eigenvalue weighted by Gasteiger charge is 2.13. The Morgan fingerprint density at radius 3 is 2.81 bits per heavy atom. The first kappa shape index (κ1) is 15.7. The van der Waals surface area contributed by atoms with Gasteiger partial charge in [0.25, 0.3) is 0 Å². The molecule has 2 amide bonds. The smallest absolute Gasteiger partial charge is 0.337 e. The molecule has 1 aromatic carbocycles. The minimum absolute atomic E-state index is 0.0575. The van der Waals surface area contributed by atoms with Crippen molar-refractivity contribution in [1.29, 1.82) is 0 Å². The molecule has 0 saturated carbocycles. The fraction of sp³-hybridized carbons (Fsp3) is 0.154. The summed E-state index contributed by atoms with van der Waals surface area (Å²) in [5, 5.41) is 15.1. The van der Waals surface area contributed by atoms with Crippen LogP contribution in [0, 0.1) is 10.5 Å². The van der Waals surface area contributed by atoms with Gasteiger partial charge in [0.15, 0.2) is 0 Å². The van der Waals surface area contributed by atoms with E-state index in [0.29, 0.717) is 6.54 Å². The van der Waals surface area contributed by atoms with Gasteiger partial charge in [-0.05, 0) is 47.7 Å². The lowest BCUT2D eigenvalue weighted by Crippen LogP contribution is -2.28. The lowest BCUT2D eigenvalue weighted by atomic mass is 10.2. The molecule has 2 rings (SSSR count). The predicted molar refractivity (Wildman–Crippen MR) is 88.8 cm³/mol. The number of hydrogen-bond acceptors (Lipinski definition) is 4. The fourth-order valence-corrected chi connectivity index (χ4v) is 2.83. The molecule has 110 valence electrons. The number of benzene rings is 1. The zero-order valence-corrected chi connectivity index (χ0v) is 14.0. The third-order valence-corrected chi connectivity index (χ3v) is 4.11. The molecule has 21 heavy (non-hydrogen) atoms. The minimum Gasteiger partial charge on any atom is -0.478 e. The number of carbonyl (C=O) groups excluding carboxylic acids is 1. The second-order valence-corrected chi connectivity index (χ2v) is 6.73. The Morgan fingerprint density at radius 2 is 2.19 bits per heavy atom. The largest absolute Gasteiger partial charge is 0.478 e. The monoisotopic (exact) mass is 417 g/mol. The second-order valence-electron chi connectivity index (χ2n) is 4.17. The first-order valence-electron chi connectivity index (χ1n) is 5.94. The van der Waals surface area contributed by atoms with Crippen molar-refractivity contribution in [3.05, 3.63) is 43.4 Å². The standard InChI is InChI=1S/C13H12IN3O3S/c1-7-5-15-11(21-7)6-16-13(20)17-10-3-2-8(14)4-9(10)12(18)19/h2-5H,6H2,1H3,(H,18,19)(H2,16,17,20). The van der Waals surface area contributed by atoms with Crippen molar-refractivity contribution in [3.63, 3.8) is 0 Å². The molecule has 0 fully saturated rings. The summed E-state index contributed by atoms with van der Waals surface area (Å²) in [5.74, 6) is -1.08. The molecule has 8 heteroatoms. The number of hydrogen-bond donors (Lipinski definition) is 3. The van der Waals surface area contributed by atoms with Gasteiger partial charge in [0.05, 0.1) is 17.8 Å². The van der Waals surface area contributed by atoms with E-state index >= 15 is 0 Å². The zero-order chi connectivity index (χ0) is 15.4. The maximum absolute atomic E-state index is 11.8. The van der Waals surface area contributed by atoms with Gasteiger partial charge in [-0.1, -0.05) is 0 Å². The maximum atomic E-state index is 11.8. The van der Waals surface area contributed by atoms with Crippen LogP contribution in [0.2, 0.25) is 0 Å². The molecule has 3 N–H and O–H groups in total. The molecule has 6 nitrogen and oxygen atoms in total. The lowest BCUT2D eigenvalue weighted by Gasteiger charge is -2.09. The van der Waals surface area contributed by atoms with Crippen LogP contribution in [0.3, 0.4) is 0 Å². The highest BCUT2D eigenvalue weighted by Crippen LogP contribution is 2.19. The van der Waals surface area contributed by atoms with E-state index in [1.165, 1.54) is 17.4 Å². The highest BCUT2D eigenvalue weighted by atomic mass is 127. The summed E-state index contributed by atoms with van der Waals surface area (Å²) in [4.78, 5) is 28.2. The molecule has 1 heterocycles. The Balaban J connectivity index is 2.01. The number of aromatic nitrogens is 1. The van der Waals surface area contributed by atoms with Crippen LogP contribution in [0.1, 0.15) is 20.2 Å². The summed E-state index contributed by atoms with van der Waals surface area (Å²) in [5.41, 5.74) is 0.317. The number of halogens is 1. The number of nitrogens with zero attached hydrogens (tertiary/aromatic N) is 1. The van der Waals surface area contributed by atoms with Gasteiger partial charge in [0.2, 0.25) is 0 Å². The molecular weight excluding hydrogens is 405 g/mol. The number of carboxylic acids is 1. The number of carboxylic acid groups (broad SMARTS) is 1. The van der Waals surface area contributed by atoms with Crippen LogP contribution in [-0.4, -0.2) is 22.1 Å². The number of rotatable bonds is 4. The fourth-order valence-electron chi connectivity index (χ4n) is 1.61. The maximum Gasteiger partial charge on any atom is 0.337 e. The summed E-state index contributed by atoms with van der Waals surface area (Å²) in [6, 6.07) is 4.33. The number of carbonyl (C=O) groups is 2. The minimum atomic E-state index is -1.08. The molecule has 1 aromatic heterocycles. The third-order valence-electron chi connectivity index (χ3n) is 2.53. The average Bonchev–Trinajstić information content (AvgIpc) is 2.84. The summed E-state index contributed by atoms with van der Waals surface area (Å²) >= 11 is 3.51. The quantitative estimate of drug-likeness (QED) is 0.667. The first-order chi connectivity index (χ1) is 9.95. The van der Waals surface area contributed by atoms with Crippen molar-refractivity contribution in [2.24, 2.45) is 0 Å². The van der Waals surface area contributed by atoms with Gasteiger partial charge in [-0.25, -0.2) is 14.6 Å². The Morgan fingerprint density at radius 1 is 1.43 bits per heavy atom. The van der Waals surface area contributed by atoms with Crippen LogP contribution in [-0.2, 0) is 6.54 Å². The molecule has 0 aliphatic heterocycles. The zero-order valence-electron chi connectivity index (χ0n) is 11.0. The van der Waals surface area contributed by atoms with Gasteiger partial charge >= 0.3 is 12.0 Å². The van der Waals surface area contributed by atoms with Crippen molar-refractivity contribution < 1.29 is 14.7 Å². The van der Waals surface area contributed by atoms with E-state index in [-0.39, 0.29) is 11.3 Å². The van der Waals surface area contributed by atoms with Gasteiger partial charge in [-0.15, -0.1) is 11.3 Å². The molecule has 2 aromatic rings. The molecule has 0 bridgehead atoms. The van der Waals surface area contributed by atoms with Crippen molar-refractivity contribution in [2.75, 3.05) is 5.32 Å².